The zero-order valence-corrected chi connectivity index (χ0v) is 17.2. The average Bonchev–Trinajstić information content (AvgIpc) is 2.74. The van der Waals surface area contributed by atoms with Crippen molar-refractivity contribution in [1.82, 2.24) is 4.90 Å². The first-order chi connectivity index (χ1) is 14.0. The summed E-state index contributed by atoms with van der Waals surface area (Å²) in [4.78, 5) is 28.3. The molecular formula is C23H24ClN3O2. The van der Waals surface area contributed by atoms with Crippen LogP contribution in [-0.4, -0.2) is 49.3 Å². The molecule has 0 atom stereocenters. The maximum atomic E-state index is 12.6. The molecule has 2 aromatic rings. The van der Waals surface area contributed by atoms with Crippen LogP contribution in [0, 0.1) is 6.92 Å². The molecule has 29 heavy (non-hydrogen) atoms. The third-order valence-electron chi connectivity index (χ3n) is 5.54. The topological polar surface area (TPSA) is 52.6 Å². The molecule has 1 heterocycles. The molecule has 1 aliphatic carbocycles. The van der Waals surface area contributed by atoms with E-state index >= 15 is 0 Å². The lowest BCUT2D eigenvalue weighted by Crippen LogP contribution is -2.50. The van der Waals surface area contributed by atoms with E-state index in [0.29, 0.717) is 19.5 Å². The van der Waals surface area contributed by atoms with Gasteiger partial charge in [0.05, 0.1) is 6.54 Å². The first-order valence-electron chi connectivity index (χ1n) is 9.86. The number of piperazine rings is 1. The number of carbonyl (C=O) groups excluding carboxylic acids is 2. The number of fused-ring (bicyclic) bond motifs is 1. The second kappa shape index (κ2) is 8.29. The van der Waals surface area contributed by atoms with Crippen LogP contribution in [-0.2, 0) is 16.0 Å². The van der Waals surface area contributed by atoms with Crippen LogP contribution in [0.5, 0.6) is 0 Å². The van der Waals surface area contributed by atoms with Crippen LogP contribution in [0.25, 0.3) is 6.08 Å². The van der Waals surface area contributed by atoms with Gasteiger partial charge in [0.25, 0.3) is 0 Å². The summed E-state index contributed by atoms with van der Waals surface area (Å²) in [5, 5.41) is 4.00. The minimum absolute atomic E-state index is 0.0976. The molecule has 6 heteroatoms. The summed E-state index contributed by atoms with van der Waals surface area (Å²) >= 11 is 6.12. The highest BCUT2D eigenvalue weighted by atomic mass is 35.5. The smallest absolute Gasteiger partial charge is 0.241 e. The number of anilines is 2. The number of hydrogen-bond acceptors (Lipinski definition) is 4. The van der Waals surface area contributed by atoms with Crippen LogP contribution < -0.4 is 10.2 Å². The molecule has 5 nitrogen and oxygen atoms in total. The molecule has 1 amide bonds. The summed E-state index contributed by atoms with van der Waals surface area (Å²) in [5.74, 6) is 0.224. The Bertz CT molecular complexity index is 978. The quantitative estimate of drug-likeness (QED) is 0.839. The Morgan fingerprint density at radius 1 is 1.07 bits per heavy atom. The van der Waals surface area contributed by atoms with Crippen LogP contribution >= 0.6 is 11.6 Å². The Kier molecular flexibility index (Phi) is 5.58. The molecule has 0 unspecified atom stereocenters. The molecule has 1 aliphatic heterocycles. The maximum absolute atomic E-state index is 12.6. The van der Waals surface area contributed by atoms with Gasteiger partial charge >= 0.3 is 0 Å². The third-order valence-corrected chi connectivity index (χ3v) is 5.97. The normalized spacial score (nSPS) is 16.0. The average molecular weight is 410 g/mol. The number of nitrogens with zero attached hydrogens (tertiary/aromatic N) is 2. The third kappa shape index (κ3) is 4.46. The van der Waals surface area contributed by atoms with E-state index in [0.717, 1.165) is 46.2 Å². The van der Waals surface area contributed by atoms with E-state index < -0.39 is 0 Å². The Labute approximate surface area is 175 Å². The summed E-state index contributed by atoms with van der Waals surface area (Å²) in [5.41, 5.74) is 5.18. The summed E-state index contributed by atoms with van der Waals surface area (Å²) < 4.78 is 0. The molecule has 150 valence electrons. The van der Waals surface area contributed by atoms with Crippen molar-refractivity contribution in [2.24, 2.45) is 0 Å². The first-order valence-corrected chi connectivity index (χ1v) is 10.2. The number of amides is 1. The van der Waals surface area contributed by atoms with Gasteiger partial charge < -0.3 is 15.1 Å². The molecule has 0 spiro atoms. The van der Waals surface area contributed by atoms with E-state index in [1.807, 2.05) is 48.2 Å². The first kappa shape index (κ1) is 19.5. The monoisotopic (exact) mass is 409 g/mol. The number of allylic oxidation sites excluding steroid dienone is 1. The predicted octanol–water partition coefficient (Wildman–Crippen LogP) is 3.55. The number of ketones is 1. The van der Waals surface area contributed by atoms with Gasteiger partial charge in [-0.15, -0.1) is 0 Å². The molecule has 2 aliphatic rings. The second-order valence-electron chi connectivity index (χ2n) is 7.54. The van der Waals surface area contributed by atoms with Crippen molar-refractivity contribution in [2.75, 3.05) is 42.9 Å². The fourth-order valence-corrected chi connectivity index (χ4v) is 3.90. The number of nitrogens with one attached hydrogen (secondary N) is 1. The highest BCUT2D eigenvalue weighted by Crippen LogP contribution is 2.24. The molecule has 1 saturated heterocycles. The zero-order valence-electron chi connectivity index (χ0n) is 16.5. The predicted molar refractivity (Wildman–Crippen MR) is 118 cm³/mol. The van der Waals surface area contributed by atoms with Gasteiger partial charge in [0.15, 0.2) is 5.78 Å². The lowest BCUT2D eigenvalue weighted by Gasteiger charge is -2.36. The van der Waals surface area contributed by atoms with Gasteiger partial charge in [0, 0.05) is 49.0 Å². The molecule has 4 rings (SSSR count). The minimum Gasteiger partial charge on any atom is -0.376 e. The van der Waals surface area contributed by atoms with Crippen LogP contribution in [0.15, 0.2) is 42.5 Å². The van der Waals surface area contributed by atoms with Gasteiger partial charge in [-0.05, 0) is 60.0 Å². The summed E-state index contributed by atoms with van der Waals surface area (Å²) in [6.45, 7) is 5.30. The molecule has 0 aromatic heterocycles. The van der Waals surface area contributed by atoms with E-state index in [4.69, 9.17) is 11.6 Å². The summed E-state index contributed by atoms with van der Waals surface area (Å²) in [6.07, 6.45) is 3.90. The van der Waals surface area contributed by atoms with Crippen molar-refractivity contribution in [3.63, 3.8) is 0 Å². The number of hydrogen-bond donors (Lipinski definition) is 1. The number of benzene rings is 2. The van der Waals surface area contributed by atoms with Crippen LogP contribution in [0.3, 0.4) is 0 Å². The fraction of sp³-hybridized carbons (Fsp3) is 0.304. The molecule has 0 radical (unpaired) electrons. The highest BCUT2D eigenvalue weighted by molar-refractivity contribution is 6.31. The number of rotatable bonds is 4. The van der Waals surface area contributed by atoms with E-state index in [2.05, 4.69) is 16.3 Å². The van der Waals surface area contributed by atoms with Crippen LogP contribution in [0.2, 0.25) is 5.02 Å². The second-order valence-corrected chi connectivity index (χ2v) is 7.95. The van der Waals surface area contributed by atoms with Crippen molar-refractivity contribution in [1.29, 1.82) is 0 Å². The molecule has 2 aromatic carbocycles. The molecule has 0 bridgehead atoms. The van der Waals surface area contributed by atoms with Gasteiger partial charge in [-0.3, -0.25) is 9.59 Å². The van der Waals surface area contributed by atoms with Crippen LogP contribution in [0.4, 0.5) is 11.4 Å². The van der Waals surface area contributed by atoms with E-state index in [1.165, 1.54) is 0 Å². The molecule has 1 fully saturated rings. The van der Waals surface area contributed by atoms with Crippen molar-refractivity contribution < 1.29 is 9.59 Å². The Hall–Kier alpha value is -2.79. The van der Waals surface area contributed by atoms with E-state index in [9.17, 15) is 9.59 Å². The largest absolute Gasteiger partial charge is 0.376 e. The number of aryl methyl sites for hydroxylation is 1. The van der Waals surface area contributed by atoms with Crippen molar-refractivity contribution in [3.05, 3.63) is 64.2 Å². The van der Waals surface area contributed by atoms with Gasteiger partial charge in [0.1, 0.15) is 0 Å². The van der Waals surface area contributed by atoms with Gasteiger partial charge in [-0.2, -0.15) is 0 Å². The van der Waals surface area contributed by atoms with E-state index in [1.54, 1.807) is 6.08 Å². The van der Waals surface area contributed by atoms with Crippen LogP contribution in [0.1, 0.15) is 16.7 Å². The Morgan fingerprint density at radius 3 is 2.62 bits per heavy atom. The van der Waals surface area contributed by atoms with Crippen molar-refractivity contribution >= 4 is 40.7 Å². The summed E-state index contributed by atoms with van der Waals surface area (Å²) in [7, 11) is 0. The SMILES string of the molecule is Cc1cc(N2CCN(C(=O)CNc3ccc4c(c3)C=CC(=O)C4)CC2)ccc1Cl. The van der Waals surface area contributed by atoms with E-state index in [-0.39, 0.29) is 18.2 Å². The fourth-order valence-electron chi connectivity index (χ4n) is 3.78. The Morgan fingerprint density at radius 2 is 1.86 bits per heavy atom. The maximum Gasteiger partial charge on any atom is 0.241 e. The van der Waals surface area contributed by atoms with Gasteiger partial charge in [-0.25, -0.2) is 0 Å². The molecule has 0 saturated carbocycles. The minimum atomic E-state index is 0.0976. The molecular weight excluding hydrogens is 386 g/mol. The van der Waals surface area contributed by atoms with Gasteiger partial charge in [-0.1, -0.05) is 23.7 Å². The lowest BCUT2D eigenvalue weighted by atomic mass is 9.96. The molecule has 1 N–H and O–H groups in total. The summed E-state index contributed by atoms with van der Waals surface area (Å²) in [6, 6.07) is 11.9. The standard InChI is InChI=1S/C23H24ClN3O2/c1-16-12-20(5-7-22(16)24)26-8-10-27(11-9-26)23(29)15-25-19-4-2-18-14-21(28)6-3-17(18)13-19/h2-7,12-13,25H,8-11,14-15H2,1H3. The lowest BCUT2D eigenvalue weighted by molar-refractivity contribution is -0.129. The van der Waals surface area contributed by atoms with Crippen molar-refractivity contribution in [3.8, 4) is 0 Å². The zero-order chi connectivity index (χ0) is 20.4. The number of carbonyl (C=O) groups is 2. The highest BCUT2D eigenvalue weighted by Gasteiger charge is 2.21. The van der Waals surface area contributed by atoms with Gasteiger partial charge in [0.2, 0.25) is 5.91 Å². The van der Waals surface area contributed by atoms with Crippen molar-refractivity contribution in [2.45, 2.75) is 13.3 Å². The Balaban J connectivity index is 1.30. The number of halogens is 1.